The number of hydrogen-bond donors (Lipinski definition) is 1. The van der Waals surface area contributed by atoms with Crippen LogP contribution in [-0.2, 0) is 0 Å². The van der Waals surface area contributed by atoms with Crippen LogP contribution >= 0.6 is 0 Å². The van der Waals surface area contributed by atoms with Crippen molar-refractivity contribution < 1.29 is 4.74 Å². The molecular weight excluding hydrogens is 224 g/mol. The van der Waals surface area contributed by atoms with Gasteiger partial charge in [-0.25, -0.2) is 0 Å². The van der Waals surface area contributed by atoms with Crippen molar-refractivity contribution >= 4 is 5.69 Å². The molecule has 0 spiro atoms. The van der Waals surface area contributed by atoms with Gasteiger partial charge in [-0.15, -0.1) is 0 Å². The van der Waals surface area contributed by atoms with Gasteiger partial charge in [0.05, 0.1) is 6.10 Å². The highest BCUT2D eigenvalue weighted by atomic mass is 16.5. The zero-order valence-corrected chi connectivity index (χ0v) is 12.0. The molecular formula is C15H26N2O. The Hall–Kier alpha value is -1.22. The molecule has 0 aromatic heterocycles. The Labute approximate surface area is 111 Å². The van der Waals surface area contributed by atoms with Gasteiger partial charge in [0.2, 0.25) is 0 Å². The van der Waals surface area contributed by atoms with Gasteiger partial charge < -0.3 is 15.4 Å². The Morgan fingerprint density at radius 3 is 2.28 bits per heavy atom. The summed E-state index contributed by atoms with van der Waals surface area (Å²) < 4.78 is 5.63. The Morgan fingerprint density at radius 1 is 1.17 bits per heavy atom. The smallest absolute Gasteiger partial charge is 0.119 e. The molecule has 3 nitrogen and oxygen atoms in total. The summed E-state index contributed by atoms with van der Waals surface area (Å²) in [7, 11) is 2.11. The van der Waals surface area contributed by atoms with Crippen molar-refractivity contribution in [2.75, 3.05) is 25.0 Å². The first-order chi connectivity index (χ1) is 8.52. The molecule has 0 aliphatic heterocycles. The minimum atomic E-state index is 0.221. The van der Waals surface area contributed by atoms with E-state index in [1.54, 1.807) is 0 Å². The minimum absolute atomic E-state index is 0.221. The molecule has 18 heavy (non-hydrogen) atoms. The lowest BCUT2D eigenvalue weighted by Gasteiger charge is -2.21. The van der Waals surface area contributed by atoms with E-state index in [4.69, 9.17) is 10.5 Å². The fourth-order valence-electron chi connectivity index (χ4n) is 1.71. The van der Waals surface area contributed by atoms with Crippen LogP contribution in [0.5, 0.6) is 5.75 Å². The molecule has 0 bridgehead atoms. The molecule has 1 aromatic carbocycles. The monoisotopic (exact) mass is 250 g/mol. The molecule has 0 amide bonds. The van der Waals surface area contributed by atoms with Crippen LogP contribution in [0, 0.1) is 5.92 Å². The van der Waals surface area contributed by atoms with Gasteiger partial charge >= 0.3 is 0 Å². The lowest BCUT2D eigenvalue weighted by Crippen LogP contribution is -2.22. The normalized spacial score (nSPS) is 12.6. The predicted octanol–water partition coefficient (Wildman–Crippen LogP) is 2.89. The molecule has 0 radical (unpaired) electrons. The third kappa shape index (κ3) is 4.96. The average Bonchev–Trinajstić information content (AvgIpc) is 2.35. The zero-order valence-electron chi connectivity index (χ0n) is 12.0. The minimum Gasteiger partial charge on any atom is -0.491 e. The second kappa shape index (κ2) is 7.27. The SMILES string of the molecule is CC(CN)CCN(C)c1ccc(OC(C)C)cc1. The van der Waals surface area contributed by atoms with E-state index in [1.165, 1.54) is 5.69 Å². The number of nitrogens with two attached hydrogens (primary N) is 1. The molecule has 0 heterocycles. The molecule has 0 aliphatic carbocycles. The van der Waals surface area contributed by atoms with Crippen LogP contribution in [0.3, 0.4) is 0 Å². The highest BCUT2D eigenvalue weighted by molar-refractivity contribution is 5.48. The van der Waals surface area contributed by atoms with Crippen LogP contribution in [0.4, 0.5) is 5.69 Å². The van der Waals surface area contributed by atoms with Crippen LogP contribution < -0.4 is 15.4 Å². The summed E-state index contributed by atoms with van der Waals surface area (Å²) in [4.78, 5) is 2.26. The van der Waals surface area contributed by atoms with Crippen molar-refractivity contribution in [1.29, 1.82) is 0 Å². The number of anilines is 1. The molecule has 1 unspecified atom stereocenters. The Kier molecular flexibility index (Phi) is 5.99. The third-order valence-electron chi connectivity index (χ3n) is 3.01. The Balaban J connectivity index is 2.50. The van der Waals surface area contributed by atoms with E-state index in [0.717, 1.165) is 25.3 Å². The van der Waals surface area contributed by atoms with Crippen LogP contribution in [0.15, 0.2) is 24.3 Å². The maximum Gasteiger partial charge on any atom is 0.119 e. The van der Waals surface area contributed by atoms with Crippen molar-refractivity contribution in [1.82, 2.24) is 0 Å². The van der Waals surface area contributed by atoms with E-state index in [1.807, 2.05) is 26.0 Å². The van der Waals surface area contributed by atoms with E-state index in [-0.39, 0.29) is 6.10 Å². The Morgan fingerprint density at radius 2 is 1.78 bits per heavy atom. The molecule has 1 atom stereocenters. The van der Waals surface area contributed by atoms with E-state index < -0.39 is 0 Å². The number of ether oxygens (including phenoxy) is 1. The summed E-state index contributed by atoms with van der Waals surface area (Å²) in [6.07, 6.45) is 1.34. The molecule has 0 aliphatic rings. The van der Waals surface area contributed by atoms with Crippen molar-refractivity contribution in [3.63, 3.8) is 0 Å². The largest absolute Gasteiger partial charge is 0.491 e. The van der Waals surface area contributed by atoms with Gasteiger partial charge in [-0.2, -0.15) is 0 Å². The van der Waals surface area contributed by atoms with Gasteiger partial charge in [-0.1, -0.05) is 6.92 Å². The van der Waals surface area contributed by atoms with Crippen molar-refractivity contribution in [2.24, 2.45) is 11.7 Å². The highest BCUT2D eigenvalue weighted by Crippen LogP contribution is 2.20. The van der Waals surface area contributed by atoms with E-state index in [0.29, 0.717) is 5.92 Å². The maximum absolute atomic E-state index is 5.63. The first kappa shape index (κ1) is 14.8. The molecule has 102 valence electrons. The van der Waals surface area contributed by atoms with Gasteiger partial charge in [0, 0.05) is 19.3 Å². The molecule has 1 aromatic rings. The number of benzene rings is 1. The summed E-state index contributed by atoms with van der Waals surface area (Å²) in [5.41, 5.74) is 6.85. The van der Waals surface area contributed by atoms with Crippen molar-refractivity contribution in [2.45, 2.75) is 33.3 Å². The van der Waals surface area contributed by atoms with Crippen LogP contribution in [-0.4, -0.2) is 26.2 Å². The van der Waals surface area contributed by atoms with Crippen LogP contribution in [0.25, 0.3) is 0 Å². The van der Waals surface area contributed by atoms with E-state index in [2.05, 4.69) is 31.0 Å². The number of nitrogens with zero attached hydrogens (tertiary/aromatic N) is 1. The standard InChI is InChI=1S/C15H26N2O/c1-12(2)18-15-7-5-14(6-8-15)17(4)10-9-13(3)11-16/h5-8,12-13H,9-11,16H2,1-4H3. The number of rotatable bonds is 7. The van der Waals surface area contributed by atoms with Crippen LogP contribution in [0.2, 0.25) is 0 Å². The lowest BCUT2D eigenvalue weighted by molar-refractivity contribution is 0.242. The molecule has 0 saturated carbocycles. The summed E-state index contributed by atoms with van der Waals surface area (Å²) in [6.45, 7) is 8.05. The second-order valence-corrected chi connectivity index (χ2v) is 5.21. The molecule has 3 heteroatoms. The van der Waals surface area contributed by atoms with Gasteiger partial charge in [0.15, 0.2) is 0 Å². The first-order valence-corrected chi connectivity index (χ1v) is 6.71. The number of hydrogen-bond acceptors (Lipinski definition) is 3. The fourth-order valence-corrected chi connectivity index (χ4v) is 1.71. The van der Waals surface area contributed by atoms with E-state index >= 15 is 0 Å². The van der Waals surface area contributed by atoms with Gasteiger partial charge in [0.25, 0.3) is 0 Å². The maximum atomic E-state index is 5.63. The quantitative estimate of drug-likeness (QED) is 0.808. The molecule has 2 N–H and O–H groups in total. The first-order valence-electron chi connectivity index (χ1n) is 6.71. The van der Waals surface area contributed by atoms with E-state index in [9.17, 15) is 0 Å². The zero-order chi connectivity index (χ0) is 13.5. The second-order valence-electron chi connectivity index (χ2n) is 5.21. The summed E-state index contributed by atoms with van der Waals surface area (Å²) in [5.74, 6) is 1.51. The topological polar surface area (TPSA) is 38.5 Å². The van der Waals surface area contributed by atoms with Crippen molar-refractivity contribution in [3.05, 3.63) is 24.3 Å². The third-order valence-corrected chi connectivity index (χ3v) is 3.01. The highest BCUT2D eigenvalue weighted by Gasteiger charge is 2.05. The molecule has 0 saturated heterocycles. The van der Waals surface area contributed by atoms with Crippen molar-refractivity contribution in [3.8, 4) is 5.75 Å². The summed E-state index contributed by atoms with van der Waals surface area (Å²) in [6, 6.07) is 8.26. The predicted molar refractivity (Wildman–Crippen MR) is 78.3 cm³/mol. The molecule has 0 fully saturated rings. The average molecular weight is 250 g/mol. The van der Waals surface area contributed by atoms with Gasteiger partial charge in [-0.05, 0) is 57.0 Å². The summed E-state index contributed by atoms with van der Waals surface area (Å²) in [5, 5.41) is 0. The molecule has 1 rings (SSSR count). The summed E-state index contributed by atoms with van der Waals surface area (Å²) >= 11 is 0. The lowest BCUT2D eigenvalue weighted by atomic mass is 10.1. The Bertz CT molecular complexity index is 335. The fraction of sp³-hybridized carbons (Fsp3) is 0.600. The van der Waals surface area contributed by atoms with Crippen LogP contribution in [0.1, 0.15) is 27.2 Å². The van der Waals surface area contributed by atoms with Gasteiger partial charge in [-0.3, -0.25) is 0 Å². The van der Waals surface area contributed by atoms with Gasteiger partial charge in [0.1, 0.15) is 5.75 Å².